The third-order valence-corrected chi connectivity index (χ3v) is 10.1. The fourth-order valence-electron chi connectivity index (χ4n) is 5.50. The van der Waals surface area contributed by atoms with Gasteiger partial charge in [0.15, 0.2) is 0 Å². The van der Waals surface area contributed by atoms with Crippen molar-refractivity contribution in [2.45, 2.75) is 35.8 Å². The Bertz CT molecular complexity index is 1910. The number of carbonyl (C=O) groups excluding carboxylic acids is 4. The third kappa shape index (κ3) is 5.71. The van der Waals surface area contributed by atoms with Gasteiger partial charge in [0.2, 0.25) is 17.7 Å². The van der Waals surface area contributed by atoms with E-state index in [2.05, 4.69) is 10.3 Å². The number of thioether (sulfide) groups is 1. The van der Waals surface area contributed by atoms with Crippen LogP contribution >= 0.6 is 23.1 Å². The molecule has 6 rings (SSSR count). The van der Waals surface area contributed by atoms with Crippen molar-refractivity contribution in [1.82, 2.24) is 9.55 Å². The number of aromatic nitrogens is 2. The molecule has 4 aromatic rings. The van der Waals surface area contributed by atoms with Crippen LogP contribution in [0.15, 0.2) is 82.9 Å². The zero-order chi connectivity index (χ0) is 32.7. The molecule has 1 saturated heterocycles. The van der Waals surface area contributed by atoms with Crippen molar-refractivity contribution in [2.24, 2.45) is 5.92 Å². The number of thiazole rings is 1. The summed E-state index contributed by atoms with van der Waals surface area (Å²) in [6.07, 6.45) is -1.66. The summed E-state index contributed by atoms with van der Waals surface area (Å²) in [7, 11) is 0. The highest BCUT2D eigenvalue weighted by molar-refractivity contribution is 8.00. The first-order chi connectivity index (χ1) is 22.0. The maximum atomic E-state index is 13.9. The fraction of sp³-hybridized carbons (Fsp3) is 0.226. The van der Waals surface area contributed by atoms with Crippen LogP contribution in [0.4, 0.5) is 24.5 Å². The summed E-state index contributed by atoms with van der Waals surface area (Å²) < 4.78 is 46.6. The van der Waals surface area contributed by atoms with Crippen molar-refractivity contribution in [3.63, 3.8) is 0 Å². The van der Waals surface area contributed by atoms with Crippen molar-refractivity contribution >= 4 is 58.2 Å². The maximum absolute atomic E-state index is 13.9. The Balaban J connectivity index is 1.33. The number of esters is 1. The van der Waals surface area contributed by atoms with E-state index in [0.717, 1.165) is 46.2 Å². The monoisotopic (exact) mass is 668 g/mol. The number of anilines is 2. The highest BCUT2D eigenvalue weighted by Gasteiger charge is 2.57. The normalized spacial score (nSPS) is 19.0. The molecular formula is C31H23F3N4O6S2. The quantitative estimate of drug-likeness (QED) is 0.217. The van der Waals surface area contributed by atoms with Gasteiger partial charge in [-0.2, -0.15) is 13.2 Å². The molecule has 0 spiro atoms. The average Bonchev–Trinajstić information content (AvgIpc) is 3.47. The highest BCUT2D eigenvalue weighted by Crippen LogP contribution is 2.54. The largest absolute Gasteiger partial charge is 0.462 e. The predicted molar refractivity (Wildman–Crippen MR) is 163 cm³/mol. The van der Waals surface area contributed by atoms with Crippen LogP contribution in [-0.4, -0.2) is 45.1 Å². The Morgan fingerprint density at radius 2 is 1.78 bits per heavy atom. The lowest BCUT2D eigenvalue weighted by atomic mass is 9.84. The molecule has 3 atom stereocenters. The van der Waals surface area contributed by atoms with Gasteiger partial charge < -0.3 is 10.1 Å². The summed E-state index contributed by atoms with van der Waals surface area (Å²) in [5.74, 6) is -4.36. The second-order valence-electron chi connectivity index (χ2n) is 10.4. The first kappa shape index (κ1) is 31.2. The number of benzene rings is 2. The number of hydrogen-bond donors (Lipinski definition) is 1. The van der Waals surface area contributed by atoms with Crippen LogP contribution in [0.1, 0.15) is 39.2 Å². The van der Waals surface area contributed by atoms with Gasteiger partial charge in [0.25, 0.3) is 0 Å². The van der Waals surface area contributed by atoms with Gasteiger partial charge in [-0.15, -0.1) is 0 Å². The van der Waals surface area contributed by atoms with Crippen LogP contribution < -0.4 is 15.1 Å². The van der Waals surface area contributed by atoms with E-state index in [-0.39, 0.29) is 12.3 Å². The number of nitrogens with one attached hydrogen (secondary N) is 1. The number of halogens is 3. The lowest BCUT2D eigenvalue weighted by Gasteiger charge is -2.30. The minimum atomic E-state index is -4.69. The van der Waals surface area contributed by atoms with Gasteiger partial charge in [-0.1, -0.05) is 35.2 Å². The minimum Gasteiger partial charge on any atom is -0.462 e. The number of amides is 3. The number of carbonyl (C=O) groups is 4. The zero-order valence-electron chi connectivity index (χ0n) is 23.8. The Hall–Kier alpha value is -4.76. The van der Waals surface area contributed by atoms with Gasteiger partial charge in [-0.3, -0.25) is 28.7 Å². The molecule has 2 aromatic heterocycles. The van der Waals surface area contributed by atoms with Crippen LogP contribution in [0.2, 0.25) is 0 Å². The molecular weight excluding hydrogens is 645 g/mol. The highest BCUT2D eigenvalue weighted by atomic mass is 32.2. The van der Waals surface area contributed by atoms with Gasteiger partial charge in [-0.05, 0) is 61.0 Å². The summed E-state index contributed by atoms with van der Waals surface area (Å²) in [4.78, 5) is 70.9. The lowest BCUT2D eigenvalue weighted by molar-refractivity contribution is -0.137. The second-order valence-corrected chi connectivity index (χ2v) is 12.5. The lowest BCUT2D eigenvalue weighted by Crippen LogP contribution is -2.33. The molecule has 0 saturated carbocycles. The van der Waals surface area contributed by atoms with Crippen LogP contribution in [0.25, 0.3) is 0 Å². The molecule has 2 aliphatic heterocycles. The van der Waals surface area contributed by atoms with E-state index in [1.807, 2.05) is 0 Å². The topological polar surface area (TPSA) is 128 Å². The van der Waals surface area contributed by atoms with Crippen molar-refractivity contribution < 1.29 is 37.1 Å². The molecule has 0 radical (unpaired) electrons. The van der Waals surface area contributed by atoms with Gasteiger partial charge in [0, 0.05) is 28.9 Å². The fourth-order valence-corrected chi connectivity index (χ4v) is 8.27. The summed E-state index contributed by atoms with van der Waals surface area (Å²) in [5.41, 5.74) is -0.0225. The number of pyridine rings is 1. The molecule has 4 heterocycles. The Morgan fingerprint density at radius 3 is 2.46 bits per heavy atom. The molecule has 2 aliphatic rings. The van der Waals surface area contributed by atoms with Gasteiger partial charge in [0.05, 0.1) is 34.4 Å². The molecule has 3 amide bonds. The second kappa shape index (κ2) is 12.2. The van der Waals surface area contributed by atoms with E-state index in [4.69, 9.17) is 4.74 Å². The summed E-state index contributed by atoms with van der Waals surface area (Å²) in [6.45, 7) is 1.47. The smallest absolute Gasteiger partial charge is 0.416 e. The van der Waals surface area contributed by atoms with Crippen molar-refractivity contribution in [2.75, 3.05) is 16.8 Å². The number of rotatable bonds is 7. The molecule has 0 aliphatic carbocycles. The number of hydrogen-bond acceptors (Lipinski definition) is 9. The van der Waals surface area contributed by atoms with Crippen LogP contribution in [-0.2, 0) is 31.8 Å². The van der Waals surface area contributed by atoms with Crippen molar-refractivity contribution in [1.29, 1.82) is 0 Å². The van der Waals surface area contributed by atoms with E-state index in [1.54, 1.807) is 19.1 Å². The van der Waals surface area contributed by atoms with Gasteiger partial charge in [-0.25, -0.2) is 9.69 Å². The predicted octanol–water partition coefficient (Wildman–Crippen LogP) is 4.93. The first-order valence-corrected chi connectivity index (χ1v) is 15.6. The Morgan fingerprint density at radius 1 is 1.02 bits per heavy atom. The molecule has 1 N–H and O–H groups in total. The van der Waals surface area contributed by atoms with E-state index < -0.39 is 63.9 Å². The summed E-state index contributed by atoms with van der Waals surface area (Å²) in [5, 5.41) is 1.90. The average molecular weight is 669 g/mol. The zero-order valence-corrected chi connectivity index (χ0v) is 25.4. The minimum absolute atomic E-state index is 0.209. The summed E-state index contributed by atoms with van der Waals surface area (Å²) >= 11 is 1.77. The maximum Gasteiger partial charge on any atom is 0.416 e. The SMILES string of the molecule is CCOC(=O)c1ccc(NC(=O)Cn2c3c(sc2=O)[C@@H](c2cccnc2)C2C(=O)N(c4cccc(C(F)(F)F)c4)C(=O)C2S3)cc1. The number of nitrogens with zero attached hydrogens (tertiary/aromatic N) is 3. The number of fused-ring (bicyclic) bond motifs is 2. The van der Waals surface area contributed by atoms with E-state index in [1.165, 1.54) is 47.3 Å². The Kier molecular flexibility index (Phi) is 8.29. The molecule has 46 heavy (non-hydrogen) atoms. The molecule has 0 bridgehead atoms. The standard InChI is InChI=1S/C31H23F3N4O6S2/c1-2-44-29(42)16-8-10-19(11-9-16)36-21(39)15-37-28-25(46-30(37)43)22(17-5-4-12-35-14-17)23-24(45-28)27(41)38(26(23)40)20-7-3-6-18(13-20)31(32,33)34/h3-14,22-24H,2,15H2,1H3,(H,36,39)/t22-,23?,24?/m0/s1. The first-order valence-electron chi connectivity index (χ1n) is 13.9. The number of alkyl halides is 3. The number of imide groups is 1. The van der Waals surface area contributed by atoms with E-state index >= 15 is 0 Å². The van der Waals surface area contributed by atoms with Crippen LogP contribution in [0.3, 0.4) is 0 Å². The number of ether oxygens (including phenoxy) is 1. The molecule has 15 heteroatoms. The molecule has 2 unspecified atom stereocenters. The van der Waals surface area contributed by atoms with Crippen molar-refractivity contribution in [3.8, 4) is 0 Å². The van der Waals surface area contributed by atoms with Crippen molar-refractivity contribution in [3.05, 3.63) is 104 Å². The van der Waals surface area contributed by atoms with E-state index in [0.29, 0.717) is 26.7 Å². The van der Waals surface area contributed by atoms with Gasteiger partial charge in [0.1, 0.15) is 11.8 Å². The van der Waals surface area contributed by atoms with E-state index in [9.17, 15) is 37.1 Å². The molecule has 2 aromatic carbocycles. The molecule has 1 fully saturated rings. The molecule has 10 nitrogen and oxygen atoms in total. The van der Waals surface area contributed by atoms with Crippen LogP contribution in [0.5, 0.6) is 0 Å². The molecule has 236 valence electrons. The van der Waals surface area contributed by atoms with Gasteiger partial charge >= 0.3 is 17.0 Å². The van der Waals surface area contributed by atoms with Crippen LogP contribution in [0, 0.1) is 5.92 Å². The Labute approximate surface area is 267 Å². The summed E-state index contributed by atoms with van der Waals surface area (Å²) in [6, 6.07) is 13.3. The third-order valence-electron chi connectivity index (χ3n) is 7.51.